The second kappa shape index (κ2) is 6.11. The second-order valence-corrected chi connectivity index (χ2v) is 4.27. The topological polar surface area (TPSA) is 105 Å². The lowest BCUT2D eigenvalue weighted by Crippen LogP contribution is -2.24. The number of nitrogens with one attached hydrogen (secondary N) is 2. The number of ether oxygens (including phenoxy) is 1. The summed E-state index contributed by atoms with van der Waals surface area (Å²) in [6, 6.07) is 3.48. The minimum Gasteiger partial charge on any atom is -0.461 e. The molecule has 2 aromatic rings. The molecule has 0 aliphatic rings. The molecule has 4 N–H and O–H groups in total. The molecule has 2 heterocycles. The van der Waals surface area contributed by atoms with E-state index >= 15 is 0 Å². The van der Waals surface area contributed by atoms with Crippen molar-refractivity contribution in [1.82, 2.24) is 15.4 Å². The minimum absolute atomic E-state index is 0.0774. The zero-order chi connectivity index (χ0) is 14.5. The van der Waals surface area contributed by atoms with Gasteiger partial charge in [0.25, 0.3) is 0 Å². The standard InChI is InChI=1S/C12H13N5O2S/c1-2-19-11(18)9-4-7-3-8(5-15-17-12(13)20)14-6-10(7)16-9/h3-6,16H,2H2,1H3,(H3,13,17,20)/b15-5+. The number of carbonyl (C=O) groups excluding carboxylic acids is 1. The molecule has 2 aromatic heterocycles. The first-order valence-corrected chi connectivity index (χ1v) is 6.25. The number of pyridine rings is 1. The zero-order valence-electron chi connectivity index (χ0n) is 10.7. The van der Waals surface area contributed by atoms with Crippen molar-refractivity contribution >= 4 is 40.4 Å². The molecular formula is C12H13N5O2S. The van der Waals surface area contributed by atoms with Crippen LogP contribution in [0.1, 0.15) is 23.1 Å². The van der Waals surface area contributed by atoms with Crippen LogP contribution in [0.25, 0.3) is 10.9 Å². The summed E-state index contributed by atoms with van der Waals surface area (Å²) < 4.78 is 4.92. The Bertz CT molecular complexity index is 680. The molecule has 0 aliphatic carbocycles. The fourth-order valence-corrected chi connectivity index (χ4v) is 1.65. The quantitative estimate of drug-likeness (QED) is 0.334. The summed E-state index contributed by atoms with van der Waals surface area (Å²) in [6.07, 6.45) is 3.09. The largest absolute Gasteiger partial charge is 0.461 e. The molecule has 0 spiro atoms. The third-order valence-electron chi connectivity index (χ3n) is 2.39. The molecule has 0 bridgehead atoms. The third-order valence-corrected chi connectivity index (χ3v) is 2.48. The molecule has 20 heavy (non-hydrogen) atoms. The van der Waals surface area contributed by atoms with Crippen LogP contribution in [0.5, 0.6) is 0 Å². The average Bonchev–Trinajstić information content (AvgIpc) is 2.81. The highest BCUT2D eigenvalue weighted by Gasteiger charge is 2.10. The van der Waals surface area contributed by atoms with Crippen molar-refractivity contribution < 1.29 is 9.53 Å². The van der Waals surface area contributed by atoms with Crippen LogP contribution >= 0.6 is 12.2 Å². The maximum Gasteiger partial charge on any atom is 0.354 e. The first-order chi connectivity index (χ1) is 9.60. The molecule has 0 saturated heterocycles. The van der Waals surface area contributed by atoms with Crippen molar-refractivity contribution in [2.75, 3.05) is 6.61 Å². The number of aromatic amines is 1. The van der Waals surface area contributed by atoms with E-state index in [2.05, 4.69) is 32.7 Å². The number of carbonyl (C=O) groups is 1. The summed E-state index contributed by atoms with van der Waals surface area (Å²) in [5, 5.41) is 4.72. The lowest BCUT2D eigenvalue weighted by atomic mass is 10.2. The van der Waals surface area contributed by atoms with E-state index in [-0.39, 0.29) is 5.11 Å². The number of fused-ring (bicyclic) bond motifs is 1. The van der Waals surface area contributed by atoms with Crippen LogP contribution in [-0.2, 0) is 4.74 Å². The fraction of sp³-hybridized carbons (Fsp3) is 0.167. The lowest BCUT2D eigenvalue weighted by molar-refractivity contribution is 0.0520. The van der Waals surface area contributed by atoms with Gasteiger partial charge in [0.15, 0.2) is 5.11 Å². The highest BCUT2D eigenvalue weighted by molar-refractivity contribution is 7.80. The van der Waals surface area contributed by atoms with Gasteiger partial charge in [-0.3, -0.25) is 10.4 Å². The molecule has 104 valence electrons. The Hall–Kier alpha value is -2.48. The number of esters is 1. The van der Waals surface area contributed by atoms with Gasteiger partial charge in [-0.1, -0.05) is 0 Å². The summed E-state index contributed by atoms with van der Waals surface area (Å²) in [5.74, 6) is -0.394. The normalized spacial score (nSPS) is 10.8. The summed E-state index contributed by atoms with van der Waals surface area (Å²) in [5.41, 5.74) is 9.42. The Kier molecular flexibility index (Phi) is 4.26. The van der Waals surface area contributed by atoms with Gasteiger partial charge in [-0.05, 0) is 31.3 Å². The van der Waals surface area contributed by atoms with Crippen LogP contribution in [0.2, 0.25) is 0 Å². The van der Waals surface area contributed by atoms with E-state index in [9.17, 15) is 4.79 Å². The number of nitrogens with two attached hydrogens (primary N) is 1. The minimum atomic E-state index is -0.394. The van der Waals surface area contributed by atoms with E-state index in [1.54, 1.807) is 25.3 Å². The Labute approximate surface area is 120 Å². The van der Waals surface area contributed by atoms with Crippen LogP contribution < -0.4 is 11.2 Å². The second-order valence-electron chi connectivity index (χ2n) is 3.83. The predicted molar refractivity (Wildman–Crippen MR) is 79.6 cm³/mol. The number of aromatic nitrogens is 2. The SMILES string of the molecule is CCOC(=O)c1cc2cc(/C=N/NC(N)=S)ncc2[nH]1. The zero-order valence-corrected chi connectivity index (χ0v) is 11.5. The molecule has 8 heteroatoms. The molecule has 7 nitrogen and oxygen atoms in total. The van der Waals surface area contributed by atoms with E-state index in [1.807, 2.05) is 0 Å². The van der Waals surface area contributed by atoms with Gasteiger partial charge < -0.3 is 15.5 Å². The van der Waals surface area contributed by atoms with Gasteiger partial charge in [0.2, 0.25) is 0 Å². The Morgan fingerprint density at radius 3 is 3.15 bits per heavy atom. The van der Waals surface area contributed by atoms with Gasteiger partial charge in [-0.25, -0.2) is 4.79 Å². The summed E-state index contributed by atoms with van der Waals surface area (Å²) in [7, 11) is 0. The van der Waals surface area contributed by atoms with Crippen molar-refractivity contribution in [2.45, 2.75) is 6.92 Å². The molecule has 0 fully saturated rings. The van der Waals surface area contributed by atoms with E-state index in [4.69, 9.17) is 10.5 Å². The molecule has 0 unspecified atom stereocenters. The number of thiocarbonyl (C=S) groups is 1. The number of rotatable bonds is 4. The Balaban J connectivity index is 2.23. The summed E-state index contributed by atoms with van der Waals surface area (Å²) in [6.45, 7) is 2.08. The summed E-state index contributed by atoms with van der Waals surface area (Å²) >= 11 is 4.62. The van der Waals surface area contributed by atoms with Crippen LogP contribution in [0.3, 0.4) is 0 Å². The van der Waals surface area contributed by atoms with Crippen LogP contribution in [-0.4, -0.2) is 33.9 Å². The number of H-pyrrole nitrogens is 1. The van der Waals surface area contributed by atoms with Gasteiger partial charge in [-0.2, -0.15) is 5.10 Å². The number of nitrogens with zero attached hydrogens (tertiary/aromatic N) is 2. The van der Waals surface area contributed by atoms with Crippen LogP contribution in [0.4, 0.5) is 0 Å². The first-order valence-electron chi connectivity index (χ1n) is 5.84. The van der Waals surface area contributed by atoms with Gasteiger partial charge >= 0.3 is 5.97 Å². The highest BCUT2D eigenvalue weighted by Crippen LogP contribution is 2.15. The van der Waals surface area contributed by atoms with Crippen LogP contribution in [0.15, 0.2) is 23.4 Å². The van der Waals surface area contributed by atoms with E-state index in [1.165, 1.54) is 6.21 Å². The molecule has 0 saturated carbocycles. The molecule has 0 atom stereocenters. The Morgan fingerprint density at radius 1 is 1.65 bits per heavy atom. The molecule has 2 rings (SSSR count). The van der Waals surface area contributed by atoms with E-state index in [0.717, 1.165) is 10.9 Å². The first kappa shape index (κ1) is 13.9. The number of hydrogen-bond acceptors (Lipinski definition) is 5. The van der Waals surface area contributed by atoms with Gasteiger partial charge in [0, 0.05) is 5.39 Å². The van der Waals surface area contributed by atoms with Gasteiger partial charge in [-0.15, -0.1) is 0 Å². The number of hydrogen-bond donors (Lipinski definition) is 3. The van der Waals surface area contributed by atoms with Crippen molar-refractivity contribution in [3.63, 3.8) is 0 Å². The highest BCUT2D eigenvalue weighted by atomic mass is 32.1. The molecular weight excluding hydrogens is 278 g/mol. The van der Waals surface area contributed by atoms with E-state index in [0.29, 0.717) is 18.0 Å². The molecule has 0 aliphatic heterocycles. The van der Waals surface area contributed by atoms with E-state index < -0.39 is 5.97 Å². The number of hydrazone groups is 1. The predicted octanol–water partition coefficient (Wildman–Crippen LogP) is 0.907. The third kappa shape index (κ3) is 3.29. The van der Waals surface area contributed by atoms with Crippen molar-refractivity contribution in [1.29, 1.82) is 0 Å². The molecule has 0 amide bonds. The maximum absolute atomic E-state index is 11.6. The van der Waals surface area contributed by atoms with Crippen molar-refractivity contribution in [3.05, 3.63) is 29.7 Å². The Morgan fingerprint density at radius 2 is 2.45 bits per heavy atom. The average molecular weight is 291 g/mol. The molecule has 0 radical (unpaired) electrons. The summed E-state index contributed by atoms with van der Waals surface area (Å²) in [4.78, 5) is 18.7. The lowest BCUT2D eigenvalue weighted by Gasteiger charge is -1.96. The van der Waals surface area contributed by atoms with Gasteiger partial charge in [0.1, 0.15) is 5.69 Å². The maximum atomic E-state index is 11.6. The van der Waals surface area contributed by atoms with Crippen LogP contribution in [0, 0.1) is 0 Å². The van der Waals surface area contributed by atoms with Gasteiger partial charge in [0.05, 0.1) is 30.2 Å². The monoisotopic (exact) mass is 291 g/mol. The van der Waals surface area contributed by atoms with Crippen molar-refractivity contribution in [2.24, 2.45) is 10.8 Å². The smallest absolute Gasteiger partial charge is 0.354 e. The van der Waals surface area contributed by atoms with Crippen molar-refractivity contribution in [3.8, 4) is 0 Å². The molecule has 0 aromatic carbocycles. The fourth-order valence-electron chi connectivity index (χ4n) is 1.60.